The first-order valence-electron chi connectivity index (χ1n) is 8.80. The van der Waals surface area contributed by atoms with Crippen LogP contribution in [0, 0.1) is 17.7 Å². The summed E-state index contributed by atoms with van der Waals surface area (Å²) < 4.78 is 39.0. The molecule has 1 aliphatic rings. The summed E-state index contributed by atoms with van der Waals surface area (Å²) in [5.41, 5.74) is 2.65. The second-order valence-corrected chi connectivity index (χ2v) is 8.47. The zero-order valence-corrected chi connectivity index (χ0v) is 15.7. The van der Waals surface area contributed by atoms with Gasteiger partial charge in [-0.15, -0.1) is 5.92 Å². The lowest BCUT2D eigenvalue weighted by Gasteiger charge is -2.37. The van der Waals surface area contributed by atoms with Crippen molar-refractivity contribution in [2.24, 2.45) is 0 Å². The topological polar surface area (TPSA) is 81.7 Å². The molecule has 0 saturated carbocycles. The van der Waals surface area contributed by atoms with Gasteiger partial charge in [-0.05, 0) is 30.7 Å². The van der Waals surface area contributed by atoms with E-state index in [2.05, 4.69) is 17.2 Å². The molecule has 26 heavy (non-hydrogen) atoms. The Morgan fingerprint density at radius 2 is 2.15 bits per heavy atom. The number of rotatable bonds is 7. The van der Waals surface area contributed by atoms with Crippen molar-refractivity contribution in [2.75, 3.05) is 30.3 Å². The van der Waals surface area contributed by atoms with Crippen LogP contribution in [0.1, 0.15) is 26.2 Å². The minimum absolute atomic E-state index is 0.265. The van der Waals surface area contributed by atoms with E-state index in [1.807, 2.05) is 12.4 Å². The zero-order valence-electron chi connectivity index (χ0n) is 14.9. The number of nitrogens with zero attached hydrogens (tertiary/aromatic N) is 1. The molecule has 8 heteroatoms. The van der Waals surface area contributed by atoms with E-state index in [-0.39, 0.29) is 18.1 Å². The van der Waals surface area contributed by atoms with Gasteiger partial charge >= 0.3 is 0 Å². The van der Waals surface area contributed by atoms with E-state index in [9.17, 15) is 18.0 Å². The van der Waals surface area contributed by atoms with Gasteiger partial charge in [0.05, 0.1) is 5.75 Å². The third-order valence-electron chi connectivity index (χ3n) is 4.26. The van der Waals surface area contributed by atoms with Crippen LogP contribution in [-0.4, -0.2) is 50.4 Å². The van der Waals surface area contributed by atoms with Crippen molar-refractivity contribution >= 4 is 15.5 Å². The van der Waals surface area contributed by atoms with Crippen LogP contribution in [0.2, 0.25) is 0 Å². The average molecular weight is 383 g/mol. The van der Waals surface area contributed by atoms with E-state index in [1.54, 1.807) is 17.0 Å². The Balaban J connectivity index is 2.15. The number of piperazine rings is 1. The molecule has 1 aromatic carbocycles. The molecule has 1 aliphatic heterocycles. The number of hydrogen-bond acceptors (Lipinski definition) is 6. The number of anilines is 1. The fourth-order valence-electron chi connectivity index (χ4n) is 2.84. The standard InChI is InChI=1S/C18H26FN3O3S/c1-2-3-4-5-6-16(21-23)14-26(24,25)18-13-20-11-12-22(18)17-9-7-15(19)8-10-17/h7-10,16,18,20-21,23H,2-4,11-14H2,1H3. The van der Waals surface area contributed by atoms with Crippen LogP contribution in [0.5, 0.6) is 0 Å². The molecular formula is C18H26FN3O3S. The van der Waals surface area contributed by atoms with Crippen LogP contribution in [-0.2, 0) is 9.84 Å². The van der Waals surface area contributed by atoms with Gasteiger partial charge in [0.15, 0.2) is 9.84 Å². The molecule has 3 N–H and O–H groups in total. The van der Waals surface area contributed by atoms with Gasteiger partial charge in [-0.3, -0.25) is 0 Å². The van der Waals surface area contributed by atoms with Crippen LogP contribution in [0.4, 0.5) is 10.1 Å². The second kappa shape index (κ2) is 9.88. The highest BCUT2D eigenvalue weighted by molar-refractivity contribution is 7.92. The van der Waals surface area contributed by atoms with Gasteiger partial charge in [-0.1, -0.05) is 19.3 Å². The zero-order chi connectivity index (χ0) is 19.0. The molecule has 2 rings (SSSR count). The minimum atomic E-state index is -3.60. The van der Waals surface area contributed by atoms with Crippen molar-refractivity contribution < 1.29 is 18.0 Å². The minimum Gasteiger partial charge on any atom is -0.353 e. The Morgan fingerprint density at radius 3 is 2.81 bits per heavy atom. The maximum absolute atomic E-state index is 13.2. The molecule has 144 valence electrons. The van der Waals surface area contributed by atoms with Gasteiger partial charge in [0, 0.05) is 31.7 Å². The van der Waals surface area contributed by atoms with Gasteiger partial charge in [-0.25, -0.2) is 12.8 Å². The summed E-state index contributed by atoms with van der Waals surface area (Å²) in [5.74, 6) is 5.02. The van der Waals surface area contributed by atoms with Crippen molar-refractivity contribution in [1.29, 1.82) is 0 Å². The fourth-order valence-corrected chi connectivity index (χ4v) is 4.67. The van der Waals surface area contributed by atoms with E-state index in [0.29, 0.717) is 25.2 Å². The van der Waals surface area contributed by atoms with E-state index in [4.69, 9.17) is 0 Å². The van der Waals surface area contributed by atoms with E-state index in [0.717, 1.165) is 12.8 Å². The van der Waals surface area contributed by atoms with Crippen molar-refractivity contribution in [3.63, 3.8) is 0 Å². The van der Waals surface area contributed by atoms with E-state index in [1.165, 1.54) is 12.1 Å². The summed E-state index contributed by atoms with van der Waals surface area (Å²) >= 11 is 0. The number of unbranched alkanes of at least 4 members (excludes halogenated alkanes) is 2. The van der Waals surface area contributed by atoms with Crippen molar-refractivity contribution in [1.82, 2.24) is 10.8 Å². The summed E-state index contributed by atoms with van der Waals surface area (Å²) in [6.07, 6.45) is 2.61. The van der Waals surface area contributed by atoms with Crippen LogP contribution in [0.3, 0.4) is 0 Å². The van der Waals surface area contributed by atoms with Gasteiger partial charge in [0.1, 0.15) is 17.2 Å². The normalized spacial score (nSPS) is 18.9. The number of nitrogens with one attached hydrogen (secondary N) is 2. The lowest BCUT2D eigenvalue weighted by molar-refractivity contribution is 0.153. The molecular weight excluding hydrogens is 357 g/mol. The van der Waals surface area contributed by atoms with Crippen LogP contribution in [0.25, 0.3) is 0 Å². The lowest BCUT2D eigenvalue weighted by Crippen LogP contribution is -2.56. The Bertz CT molecular complexity index is 728. The predicted octanol–water partition coefficient (Wildman–Crippen LogP) is 1.52. The van der Waals surface area contributed by atoms with Gasteiger partial charge < -0.3 is 15.4 Å². The Hall–Kier alpha value is -1.66. The number of benzene rings is 1. The molecule has 0 bridgehead atoms. The molecule has 0 radical (unpaired) electrons. The largest absolute Gasteiger partial charge is 0.353 e. The number of sulfone groups is 1. The molecule has 2 atom stereocenters. The summed E-state index contributed by atoms with van der Waals surface area (Å²) in [6.45, 7) is 3.45. The molecule has 0 aliphatic carbocycles. The summed E-state index contributed by atoms with van der Waals surface area (Å²) in [7, 11) is -3.60. The van der Waals surface area contributed by atoms with Crippen LogP contribution < -0.4 is 15.7 Å². The maximum atomic E-state index is 13.2. The molecule has 1 heterocycles. The first kappa shape index (κ1) is 20.6. The SMILES string of the molecule is CCCCC#CC(CS(=O)(=O)C1CNCCN1c1ccc(F)cc1)NO. The quantitative estimate of drug-likeness (QED) is 0.376. The highest BCUT2D eigenvalue weighted by atomic mass is 32.2. The Labute approximate surface area is 154 Å². The average Bonchev–Trinajstić information content (AvgIpc) is 2.65. The maximum Gasteiger partial charge on any atom is 0.175 e. The van der Waals surface area contributed by atoms with Gasteiger partial charge in [0.25, 0.3) is 0 Å². The van der Waals surface area contributed by atoms with E-state index < -0.39 is 21.3 Å². The molecule has 1 aromatic rings. The molecule has 0 spiro atoms. The van der Waals surface area contributed by atoms with Crippen LogP contribution >= 0.6 is 0 Å². The molecule has 1 saturated heterocycles. The number of hydrogen-bond donors (Lipinski definition) is 3. The van der Waals surface area contributed by atoms with Crippen molar-refractivity contribution in [2.45, 2.75) is 37.6 Å². The molecule has 2 unspecified atom stereocenters. The fraction of sp³-hybridized carbons (Fsp3) is 0.556. The first-order chi connectivity index (χ1) is 12.5. The van der Waals surface area contributed by atoms with Crippen molar-refractivity contribution in [3.8, 4) is 11.8 Å². The second-order valence-electron chi connectivity index (χ2n) is 6.26. The van der Waals surface area contributed by atoms with Gasteiger partial charge in [0.2, 0.25) is 0 Å². The predicted molar refractivity (Wildman–Crippen MR) is 100 cm³/mol. The summed E-state index contributed by atoms with van der Waals surface area (Å²) in [5, 5.41) is 11.6. The highest BCUT2D eigenvalue weighted by Crippen LogP contribution is 2.22. The van der Waals surface area contributed by atoms with Crippen LogP contribution in [0.15, 0.2) is 24.3 Å². The number of halogens is 1. The Morgan fingerprint density at radius 1 is 1.42 bits per heavy atom. The third kappa shape index (κ3) is 5.68. The molecule has 6 nitrogen and oxygen atoms in total. The molecule has 1 fully saturated rings. The third-order valence-corrected chi connectivity index (χ3v) is 6.30. The monoisotopic (exact) mass is 383 g/mol. The molecule has 0 aromatic heterocycles. The van der Waals surface area contributed by atoms with E-state index >= 15 is 0 Å². The smallest absolute Gasteiger partial charge is 0.175 e. The molecule has 0 amide bonds. The van der Waals surface area contributed by atoms with Gasteiger partial charge in [-0.2, -0.15) is 5.48 Å². The summed E-state index contributed by atoms with van der Waals surface area (Å²) in [4.78, 5) is 1.75. The first-order valence-corrected chi connectivity index (χ1v) is 10.5. The highest BCUT2D eigenvalue weighted by Gasteiger charge is 2.35. The number of hydroxylamine groups is 1. The summed E-state index contributed by atoms with van der Waals surface area (Å²) in [6, 6.07) is 4.95. The Kier molecular flexibility index (Phi) is 7.85. The van der Waals surface area contributed by atoms with Crippen molar-refractivity contribution in [3.05, 3.63) is 30.1 Å². The lowest BCUT2D eigenvalue weighted by atomic mass is 10.2.